The summed E-state index contributed by atoms with van der Waals surface area (Å²) in [7, 11) is 0. The average molecular weight is 422 g/mol. The molecule has 4 rings (SSSR count). The van der Waals surface area contributed by atoms with Gasteiger partial charge in [-0.25, -0.2) is 0 Å². The molecule has 3 fully saturated rings. The summed E-state index contributed by atoms with van der Waals surface area (Å²) in [5.74, 6) is -2.03. The summed E-state index contributed by atoms with van der Waals surface area (Å²) in [5.41, 5.74) is 2.62. The number of alkyl halides is 1. The largest absolute Gasteiger partial charge is 0.461 e. The molecule has 0 unspecified atom stereocenters. The first-order valence-corrected chi connectivity index (χ1v) is 9.67. The summed E-state index contributed by atoms with van der Waals surface area (Å²) in [6.45, 7) is 3.45. The van der Waals surface area contributed by atoms with Gasteiger partial charge in [0.25, 0.3) is 5.91 Å². The van der Waals surface area contributed by atoms with Crippen molar-refractivity contribution in [3.63, 3.8) is 0 Å². The second-order valence-corrected chi connectivity index (χ2v) is 8.44. The second-order valence-electron chi connectivity index (χ2n) is 7.38. The molecule has 2 bridgehead atoms. The van der Waals surface area contributed by atoms with Crippen molar-refractivity contribution in [1.82, 2.24) is 0 Å². The number of esters is 2. The van der Waals surface area contributed by atoms with E-state index < -0.39 is 17.8 Å². The predicted octanol–water partition coefficient (Wildman–Crippen LogP) is 2.36. The first-order chi connectivity index (χ1) is 12.4. The number of rotatable bonds is 4. The van der Waals surface area contributed by atoms with E-state index >= 15 is 0 Å². The van der Waals surface area contributed by atoms with Gasteiger partial charge >= 0.3 is 11.9 Å². The molecule has 7 heteroatoms. The van der Waals surface area contributed by atoms with Crippen LogP contribution in [0.25, 0.3) is 0 Å². The number of nitrogens with one attached hydrogen (secondary N) is 1. The molecule has 1 N–H and O–H groups in total. The maximum absolute atomic E-state index is 12.6. The van der Waals surface area contributed by atoms with Crippen LogP contribution in [0.3, 0.4) is 0 Å². The van der Waals surface area contributed by atoms with Gasteiger partial charge in [-0.1, -0.05) is 34.1 Å². The van der Waals surface area contributed by atoms with Crippen LogP contribution in [0.5, 0.6) is 0 Å². The minimum Gasteiger partial charge on any atom is -0.461 e. The smallest absolute Gasteiger partial charge is 0.310 e. The monoisotopic (exact) mass is 421 g/mol. The number of aryl methyl sites for hydroxylation is 2. The number of halogens is 1. The normalized spacial score (nSPS) is 33.9. The molecule has 26 heavy (non-hydrogen) atoms. The molecule has 2 saturated carbocycles. The van der Waals surface area contributed by atoms with Crippen molar-refractivity contribution in [2.75, 3.05) is 11.9 Å². The summed E-state index contributed by atoms with van der Waals surface area (Å²) < 4.78 is 10.6. The van der Waals surface area contributed by atoms with Gasteiger partial charge in [0.05, 0.1) is 16.7 Å². The average Bonchev–Trinajstić information content (AvgIpc) is 3.20. The lowest BCUT2D eigenvalue weighted by Gasteiger charge is -2.26. The fraction of sp³-hybridized carbons (Fsp3) is 0.526. The highest BCUT2D eigenvalue weighted by molar-refractivity contribution is 9.09. The van der Waals surface area contributed by atoms with E-state index in [4.69, 9.17) is 9.47 Å². The van der Waals surface area contributed by atoms with E-state index in [0.29, 0.717) is 0 Å². The third-order valence-corrected chi connectivity index (χ3v) is 7.09. The van der Waals surface area contributed by atoms with Crippen molar-refractivity contribution in [3.8, 4) is 0 Å². The Morgan fingerprint density at radius 2 is 1.96 bits per heavy atom. The van der Waals surface area contributed by atoms with Gasteiger partial charge in [0.15, 0.2) is 6.61 Å². The number of hydrogen-bond acceptors (Lipinski definition) is 5. The fourth-order valence-corrected chi connectivity index (χ4v) is 5.76. The van der Waals surface area contributed by atoms with Gasteiger partial charge in [-0.05, 0) is 37.3 Å². The van der Waals surface area contributed by atoms with Crippen molar-refractivity contribution in [3.05, 3.63) is 29.3 Å². The molecule has 0 spiro atoms. The molecule has 1 aliphatic heterocycles. The van der Waals surface area contributed by atoms with Crippen LogP contribution < -0.4 is 5.32 Å². The minimum absolute atomic E-state index is 0.0174. The van der Waals surface area contributed by atoms with Crippen LogP contribution in [-0.4, -0.2) is 35.4 Å². The SMILES string of the molecule is Cc1cccc(C)c1NC(=O)COC(=O)[C@@H]1[C@H]2C[C@H]3[C@H](OC(=O)[C@H]31)[C@@H]2Br. The highest BCUT2D eigenvalue weighted by Crippen LogP contribution is 2.60. The summed E-state index contributed by atoms with van der Waals surface area (Å²) in [4.78, 5) is 36.8. The van der Waals surface area contributed by atoms with E-state index in [9.17, 15) is 14.4 Å². The first kappa shape index (κ1) is 17.5. The third-order valence-electron chi connectivity index (χ3n) is 5.89. The molecule has 2 aliphatic carbocycles. The lowest BCUT2D eigenvalue weighted by atomic mass is 9.80. The second kappa shape index (κ2) is 6.37. The Bertz CT molecular complexity index is 774. The quantitative estimate of drug-likeness (QED) is 0.595. The summed E-state index contributed by atoms with van der Waals surface area (Å²) in [6, 6.07) is 5.73. The number of amides is 1. The maximum atomic E-state index is 12.6. The van der Waals surface area contributed by atoms with Crippen molar-refractivity contribution in [2.45, 2.75) is 31.2 Å². The van der Waals surface area contributed by atoms with Crippen LogP contribution >= 0.6 is 15.9 Å². The van der Waals surface area contributed by atoms with Gasteiger partial charge in [0.1, 0.15) is 6.10 Å². The Hall–Kier alpha value is -1.89. The van der Waals surface area contributed by atoms with E-state index in [1.54, 1.807) is 0 Å². The molecule has 0 aromatic heterocycles. The number of ether oxygens (including phenoxy) is 2. The van der Waals surface area contributed by atoms with Crippen molar-refractivity contribution in [2.24, 2.45) is 23.7 Å². The molecule has 1 saturated heterocycles. The summed E-state index contributed by atoms with van der Waals surface area (Å²) >= 11 is 3.56. The van der Waals surface area contributed by atoms with E-state index in [2.05, 4.69) is 21.2 Å². The number of benzene rings is 1. The van der Waals surface area contributed by atoms with Crippen molar-refractivity contribution < 1.29 is 23.9 Å². The van der Waals surface area contributed by atoms with E-state index in [1.165, 1.54) is 0 Å². The molecule has 1 aromatic carbocycles. The predicted molar refractivity (Wildman–Crippen MR) is 96.7 cm³/mol. The molecular formula is C19H20BrNO5. The molecule has 3 aliphatic rings. The van der Waals surface area contributed by atoms with Crippen molar-refractivity contribution in [1.29, 1.82) is 0 Å². The first-order valence-electron chi connectivity index (χ1n) is 8.75. The van der Waals surface area contributed by atoms with Gasteiger partial charge in [-0.15, -0.1) is 0 Å². The molecule has 1 aromatic rings. The van der Waals surface area contributed by atoms with Crippen molar-refractivity contribution >= 4 is 39.5 Å². The Kier molecular flexibility index (Phi) is 4.29. The lowest BCUT2D eigenvalue weighted by Crippen LogP contribution is -2.39. The Balaban J connectivity index is 1.39. The molecule has 1 amide bonds. The summed E-state index contributed by atoms with van der Waals surface area (Å²) in [6.07, 6.45) is 0.652. The lowest BCUT2D eigenvalue weighted by molar-refractivity contribution is -0.157. The third kappa shape index (κ3) is 2.64. The standard InChI is InChI=1S/C19H20BrNO5/c1-8-4-3-5-9(2)16(8)21-12(22)7-25-18(23)13-10-6-11-14(13)19(24)26-17(11)15(10)20/h3-5,10-11,13-15,17H,6-7H2,1-2H3,(H,21,22)/t10-,11-,13-,14-,15-,17+/m1/s1. The van der Waals surface area contributed by atoms with E-state index in [-0.39, 0.29) is 41.3 Å². The number of carbonyl (C=O) groups excluding carboxylic acids is 3. The van der Waals surface area contributed by atoms with E-state index in [1.807, 2.05) is 32.0 Å². The van der Waals surface area contributed by atoms with Crippen LogP contribution in [0.15, 0.2) is 18.2 Å². The number of carbonyl (C=O) groups is 3. The van der Waals surface area contributed by atoms with Crippen LogP contribution in [-0.2, 0) is 23.9 Å². The van der Waals surface area contributed by atoms with Crippen LogP contribution in [0.4, 0.5) is 5.69 Å². The van der Waals surface area contributed by atoms with Gasteiger partial charge in [0, 0.05) is 11.6 Å². The Labute approximate surface area is 159 Å². The Morgan fingerprint density at radius 1 is 1.27 bits per heavy atom. The fourth-order valence-electron chi connectivity index (χ4n) is 4.71. The zero-order valence-electron chi connectivity index (χ0n) is 14.5. The maximum Gasteiger partial charge on any atom is 0.310 e. The highest BCUT2D eigenvalue weighted by atomic mass is 79.9. The topological polar surface area (TPSA) is 81.7 Å². The number of hydrogen-bond donors (Lipinski definition) is 1. The zero-order chi connectivity index (χ0) is 18.6. The van der Waals surface area contributed by atoms with Gasteiger partial charge in [0.2, 0.25) is 0 Å². The summed E-state index contributed by atoms with van der Waals surface area (Å²) in [5, 5.41) is 2.79. The number of fused-ring (bicyclic) bond motifs is 1. The molecule has 0 radical (unpaired) electrons. The molecule has 138 valence electrons. The highest BCUT2D eigenvalue weighted by Gasteiger charge is 2.68. The van der Waals surface area contributed by atoms with Crippen LogP contribution in [0, 0.1) is 37.5 Å². The van der Waals surface area contributed by atoms with Gasteiger partial charge in [-0.2, -0.15) is 0 Å². The molecular weight excluding hydrogens is 402 g/mol. The Morgan fingerprint density at radius 3 is 2.65 bits per heavy atom. The van der Waals surface area contributed by atoms with Gasteiger partial charge < -0.3 is 14.8 Å². The van der Waals surface area contributed by atoms with E-state index in [0.717, 1.165) is 23.2 Å². The zero-order valence-corrected chi connectivity index (χ0v) is 16.1. The minimum atomic E-state index is -0.524. The number of para-hydroxylation sites is 1. The van der Waals surface area contributed by atoms with Crippen LogP contribution in [0.1, 0.15) is 17.5 Å². The number of anilines is 1. The molecule has 6 atom stereocenters. The molecule has 6 nitrogen and oxygen atoms in total. The van der Waals surface area contributed by atoms with Crippen LogP contribution in [0.2, 0.25) is 0 Å². The van der Waals surface area contributed by atoms with Gasteiger partial charge in [-0.3, -0.25) is 14.4 Å². The molecule has 1 heterocycles.